The van der Waals surface area contributed by atoms with Crippen LogP contribution in [0.15, 0.2) is 65.7 Å². The van der Waals surface area contributed by atoms with Crippen molar-refractivity contribution < 1.29 is 13.2 Å². The number of rotatable bonds is 5. The molecule has 3 aromatic rings. The Hall–Kier alpha value is -2.64. The summed E-state index contributed by atoms with van der Waals surface area (Å²) in [4.78, 5) is -0.0389. The van der Waals surface area contributed by atoms with Crippen LogP contribution in [-0.2, 0) is 16.6 Å². The van der Waals surface area contributed by atoms with E-state index in [1.807, 2.05) is 43.5 Å². The predicted octanol–water partition coefficient (Wildman–Crippen LogP) is 2.41. The predicted molar refractivity (Wildman–Crippen MR) is 90.4 cm³/mol. The highest BCUT2D eigenvalue weighted by Gasteiger charge is 2.14. The number of sulfonamides is 1. The van der Waals surface area contributed by atoms with Crippen molar-refractivity contribution >= 4 is 10.0 Å². The second kappa shape index (κ2) is 6.46. The third kappa shape index (κ3) is 3.64. The monoisotopic (exact) mass is 343 g/mol. The quantitative estimate of drug-likeness (QED) is 0.770. The van der Waals surface area contributed by atoms with Crippen LogP contribution >= 0.6 is 0 Å². The van der Waals surface area contributed by atoms with Gasteiger partial charge in [-0.05, 0) is 37.3 Å². The van der Waals surface area contributed by atoms with Crippen LogP contribution < -0.4 is 9.88 Å². The first-order chi connectivity index (χ1) is 11.4. The second-order valence-corrected chi connectivity index (χ2v) is 6.90. The molecular formula is C17H17N3O3S. The Morgan fingerprint density at radius 3 is 2.50 bits per heavy atom. The summed E-state index contributed by atoms with van der Waals surface area (Å²) in [5, 5.41) is 9.62. The van der Waals surface area contributed by atoms with Gasteiger partial charge in [-0.25, -0.2) is 18.2 Å². The molecule has 0 atom stereocenters. The molecule has 0 bridgehead atoms. The number of nitrogens with zero attached hydrogens (tertiary/aromatic N) is 2. The fraction of sp³-hybridized carbons (Fsp3) is 0.118. The Kier molecular flexibility index (Phi) is 4.37. The van der Waals surface area contributed by atoms with Crippen molar-refractivity contribution in [3.63, 3.8) is 0 Å². The van der Waals surface area contributed by atoms with Crippen LogP contribution in [0.5, 0.6) is 5.75 Å². The molecule has 0 spiro atoms. The van der Waals surface area contributed by atoms with Gasteiger partial charge in [0.15, 0.2) is 0 Å². The molecule has 0 fully saturated rings. The smallest absolute Gasteiger partial charge is 0.241 e. The lowest BCUT2D eigenvalue weighted by molar-refractivity contribution is 0.292. The van der Waals surface area contributed by atoms with Gasteiger partial charge in [0, 0.05) is 6.20 Å². The largest absolute Gasteiger partial charge is 0.486 e. The van der Waals surface area contributed by atoms with Gasteiger partial charge in [-0.1, -0.05) is 29.8 Å². The first-order valence-electron chi connectivity index (χ1n) is 7.30. The normalized spacial score (nSPS) is 11.4. The number of hydrogen-bond donors (Lipinski definition) is 1. The van der Waals surface area contributed by atoms with E-state index in [4.69, 9.17) is 9.88 Å². The third-order valence-corrected chi connectivity index (χ3v) is 4.42. The number of aryl methyl sites for hydroxylation is 1. The molecule has 0 unspecified atom stereocenters. The summed E-state index contributed by atoms with van der Waals surface area (Å²) in [6.07, 6.45) is 1.83. The van der Waals surface area contributed by atoms with Crippen molar-refractivity contribution in [3.05, 3.63) is 72.1 Å². The lowest BCUT2D eigenvalue weighted by atomic mass is 10.2. The molecule has 0 aliphatic rings. The molecule has 0 aliphatic heterocycles. The lowest BCUT2D eigenvalue weighted by Crippen LogP contribution is -2.13. The molecule has 1 heterocycles. The van der Waals surface area contributed by atoms with E-state index in [0.29, 0.717) is 5.69 Å². The molecule has 0 saturated heterocycles. The van der Waals surface area contributed by atoms with E-state index in [9.17, 15) is 8.42 Å². The molecule has 0 radical (unpaired) electrons. The average molecular weight is 343 g/mol. The molecule has 0 saturated carbocycles. The zero-order valence-electron chi connectivity index (χ0n) is 13.1. The summed E-state index contributed by atoms with van der Waals surface area (Å²) < 4.78 is 30.4. The molecule has 3 rings (SSSR count). The van der Waals surface area contributed by atoms with Crippen LogP contribution in [0.2, 0.25) is 0 Å². The van der Waals surface area contributed by atoms with Crippen molar-refractivity contribution in [1.29, 1.82) is 0 Å². The first kappa shape index (κ1) is 16.2. The molecule has 6 nitrogen and oxygen atoms in total. The fourth-order valence-corrected chi connectivity index (χ4v) is 2.91. The SMILES string of the molecule is Cc1ccc(-n2ccc(COc3ccccc3S(N)(=O)=O)n2)cc1. The zero-order chi connectivity index (χ0) is 17.2. The van der Waals surface area contributed by atoms with E-state index in [2.05, 4.69) is 5.10 Å². The van der Waals surface area contributed by atoms with Crippen LogP contribution in [0.4, 0.5) is 0 Å². The maximum Gasteiger partial charge on any atom is 0.241 e. The number of primary sulfonamides is 1. The summed E-state index contributed by atoms with van der Waals surface area (Å²) in [5.74, 6) is 0.213. The van der Waals surface area contributed by atoms with Crippen LogP contribution in [0.25, 0.3) is 5.69 Å². The van der Waals surface area contributed by atoms with Crippen molar-refractivity contribution in [2.24, 2.45) is 5.14 Å². The molecule has 124 valence electrons. The highest BCUT2D eigenvalue weighted by Crippen LogP contribution is 2.22. The molecule has 1 aromatic heterocycles. The minimum Gasteiger partial charge on any atom is -0.486 e. The summed E-state index contributed by atoms with van der Waals surface area (Å²) in [6, 6.07) is 16.1. The van der Waals surface area contributed by atoms with Crippen molar-refractivity contribution in [2.45, 2.75) is 18.4 Å². The fourth-order valence-electron chi connectivity index (χ4n) is 2.24. The number of nitrogens with two attached hydrogens (primary N) is 1. The van der Waals surface area contributed by atoms with Gasteiger partial charge >= 0.3 is 0 Å². The van der Waals surface area contributed by atoms with Gasteiger partial charge in [-0.3, -0.25) is 0 Å². The van der Waals surface area contributed by atoms with Crippen molar-refractivity contribution in [3.8, 4) is 11.4 Å². The Labute approximate surface area is 140 Å². The highest BCUT2D eigenvalue weighted by atomic mass is 32.2. The van der Waals surface area contributed by atoms with E-state index >= 15 is 0 Å². The van der Waals surface area contributed by atoms with Gasteiger partial charge in [0.1, 0.15) is 22.9 Å². The van der Waals surface area contributed by atoms with E-state index < -0.39 is 10.0 Å². The van der Waals surface area contributed by atoms with Crippen LogP contribution in [-0.4, -0.2) is 18.2 Å². The standard InChI is InChI=1S/C17H17N3O3S/c1-13-6-8-15(9-7-13)20-11-10-14(19-20)12-23-16-4-2-3-5-17(16)24(18,21)22/h2-11H,12H2,1H3,(H2,18,21,22). The number of hydrogen-bond acceptors (Lipinski definition) is 4. The van der Waals surface area contributed by atoms with Crippen LogP contribution in [0, 0.1) is 6.92 Å². The lowest BCUT2D eigenvalue weighted by Gasteiger charge is -2.08. The van der Waals surface area contributed by atoms with E-state index in [1.54, 1.807) is 22.9 Å². The molecule has 2 aromatic carbocycles. The molecule has 24 heavy (non-hydrogen) atoms. The average Bonchev–Trinajstić information content (AvgIpc) is 3.02. The van der Waals surface area contributed by atoms with Crippen molar-refractivity contribution in [1.82, 2.24) is 9.78 Å². The Bertz CT molecular complexity index is 947. The second-order valence-electron chi connectivity index (χ2n) is 5.37. The van der Waals surface area contributed by atoms with Gasteiger partial charge in [-0.15, -0.1) is 0 Å². The number of aromatic nitrogens is 2. The Balaban J connectivity index is 1.76. The molecular weight excluding hydrogens is 326 g/mol. The zero-order valence-corrected chi connectivity index (χ0v) is 13.9. The van der Waals surface area contributed by atoms with Crippen LogP contribution in [0.1, 0.15) is 11.3 Å². The van der Waals surface area contributed by atoms with Gasteiger partial charge in [0.05, 0.1) is 5.69 Å². The maximum atomic E-state index is 11.6. The molecule has 7 heteroatoms. The Morgan fingerprint density at radius 2 is 1.79 bits per heavy atom. The summed E-state index contributed by atoms with van der Waals surface area (Å²) in [5.41, 5.74) is 2.80. The third-order valence-electron chi connectivity index (χ3n) is 3.47. The Morgan fingerprint density at radius 1 is 1.08 bits per heavy atom. The minimum absolute atomic E-state index is 0.0389. The van der Waals surface area contributed by atoms with E-state index in [0.717, 1.165) is 5.69 Å². The summed E-state index contributed by atoms with van der Waals surface area (Å²) in [6.45, 7) is 2.17. The van der Waals surface area contributed by atoms with E-state index in [1.165, 1.54) is 11.6 Å². The number of para-hydroxylation sites is 1. The van der Waals surface area contributed by atoms with Gasteiger partial charge < -0.3 is 4.74 Å². The van der Waals surface area contributed by atoms with Gasteiger partial charge in [0.25, 0.3) is 0 Å². The van der Waals surface area contributed by atoms with E-state index in [-0.39, 0.29) is 17.3 Å². The summed E-state index contributed by atoms with van der Waals surface area (Å²) in [7, 11) is -3.83. The highest BCUT2D eigenvalue weighted by molar-refractivity contribution is 7.89. The van der Waals surface area contributed by atoms with Crippen LogP contribution in [0.3, 0.4) is 0 Å². The van der Waals surface area contributed by atoms with Gasteiger partial charge in [0.2, 0.25) is 10.0 Å². The van der Waals surface area contributed by atoms with Crippen molar-refractivity contribution in [2.75, 3.05) is 0 Å². The minimum atomic E-state index is -3.83. The number of ether oxygens (including phenoxy) is 1. The molecule has 0 aliphatic carbocycles. The first-order valence-corrected chi connectivity index (χ1v) is 8.84. The summed E-state index contributed by atoms with van der Waals surface area (Å²) >= 11 is 0. The number of benzene rings is 2. The van der Waals surface area contributed by atoms with Gasteiger partial charge in [-0.2, -0.15) is 5.10 Å². The topological polar surface area (TPSA) is 87.2 Å². The molecule has 0 amide bonds. The maximum absolute atomic E-state index is 11.6. The molecule has 2 N–H and O–H groups in total.